The summed E-state index contributed by atoms with van der Waals surface area (Å²) in [6, 6.07) is 0. The topological polar surface area (TPSA) is 123 Å². The number of H-pyrrole nitrogens is 2. The number of Topliss-reactive ketones (excluding diaryl/α,β-unsaturated/α-hetero) is 1. The molecule has 0 radical (unpaired) electrons. The van der Waals surface area contributed by atoms with Gasteiger partial charge in [0.05, 0.1) is 19.1 Å². The number of allylic oxidation sites excluding steroid dienone is 2. The average molecular weight is 577 g/mol. The molecule has 10 atom stereocenters. The number of hydrogen-bond acceptors (Lipinski definition) is 8. The van der Waals surface area contributed by atoms with Crippen molar-refractivity contribution in [3.8, 4) is 0 Å². The van der Waals surface area contributed by atoms with Crippen LogP contribution in [0.5, 0.6) is 0 Å². The molecule has 0 spiro atoms. The summed E-state index contributed by atoms with van der Waals surface area (Å²) >= 11 is 5.55. The van der Waals surface area contributed by atoms with Crippen LogP contribution in [-0.2, 0) is 28.5 Å². The lowest BCUT2D eigenvalue weighted by Gasteiger charge is -2.37. The van der Waals surface area contributed by atoms with Gasteiger partial charge >= 0.3 is 5.97 Å². The maximum Gasteiger partial charge on any atom is 0.306 e. The van der Waals surface area contributed by atoms with Gasteiger partial charge in [-0.3, -0.25) is 9.59 Å². The molecule has 0 bridgehead atoms. The van der Waals surface area contributed by atoms with Crippen LogP contribution in [-0.4, -0.2) is 72.3 Å². The molecule has 1 aliphatic heterocycles. The lowest BCUT2D eigenvalue weighted by Crippen LogP contribution is -2.36. The molecular formula is C30H44N2O7S. The molecule has 3 unspecified atom stereocenters. The number of aliphatic hydroxyl groups is 1. The fourth-order valence-corrected chi connectivity index (χ4v) is 7.97. The third-order valence-electron chi connectivity index (χ3n) is 9.74. The number of fused-ring (bicyclic) bond motifs is 8. The Balaban J connectivity index is 1.47. The monoisotopic (exact) mass is 576 g/mol. The number of cyclic esters (lactones) is 1. The molecule has 1 aromatic rings. The Labute approximate surface area is 241 Å². The summed E-state index contributed by atoms with van der Waals surface area (Å²) < 4.78 is 23.1. The quantitative estimate of drug-likeness (QED) is 0.243. The molecule has 9 nitrogen and oxygen atoms in total. The molecule has 3 N–H and O–H groups in total. The van der Waals surface area contributed by atoms with Crippen LogP contribution in [0.1, 0.15) is 88.4 Å². The smallest absolute Gasteiger partial charge is 0.306 e. The number of ketones is 1. The van der Waals surface area contributed by atoms with E-state index in [0.29, 0.717) is 11.2 Å². The molecule has 1 saturated heterocycles. The van der Waals surface area contributed by atoms with E-state index >= 15 is 0 Å². The number of carbonyl (C=O) groups is 2. The van der Waals surface area contributed by atoms with Crippen molar-refractivity contribution in [1.29, 1.82) is 0 Å². The van der Waals surface area contributed by atoms with Crippen molar-refractivity contribution in [2.45, 2.75) is 102 Å². The Kier molecular flexibility index (Phi) is 9.31. The van der Waals surface area contributed by atoms with Crippen molar-refractivity contribution in [2.75, 3.05) is 20.8 Å². The maximum atomic E-state index is 13.9. The first-order chi connectivity index (χ1) is 19.2. The minimum atomic E-state index is -1.12. The number of aliphatic hydroxyl groups excluding tert-OH is 1. The van der Waals surface area contributed by atoms with Crippen LogP contribution in [0.2, 0.25) is 0 Å². The van der Waals surface area contributed by atoms with Gasteiger partial charge in [-0.15, -0.1) is 0 Å². The lowest BCUT2D eigenvalue weighted by molar-refractivity contribution is -0.204. The second kappa shape index (κ2) is 12.6. The highest BCUT2D eigenvalue weighted by Gasteiger charge is 2.55. The first-order valence-electron chi connectivity index (χ1n) is 14.9. The number of rotatable bonds is 7. The van der Waals surface area contributed by atoms with Crippen LogP contribution in [0.4, 0.5) is 0 Å². The van der Waals surface area contributed by atoms with Gasteiger partial charge in [-0.1, -0.05) is 26.3 Å². The molecule has 3 aliphatic carbocycles. The first-order valence-corrected chi connectivity index (χ1v) is 15.3. The highest BCUT2D eigenvalue weighted by atomic mass is 32.1. The molecular weight excluding hydrogens is 532 g/mol. The van der Waals surface area contributed by atoms with Gasteiger partial charge in [-0.25, -0.2) is 0 Å². The third-order valence-corrected chi connectivity index (χ3v) is 9.95. The molecule has 10 heteroatoms. The van der Waals surface area contributed by atoms with E-state index in [9.17, 15) is 14.7 Å². The van der Waals surface area contributed by atoms with E-state index in [4.69, 9.17) is 31.2 Å². The molecule has 1 aromatic heterocycles. The van der Waals surface area contributed by atoms with E-state index in [2.05, 4.69) is 23.0 Å². The van der Waals surface area contributed by atoms with Gasteiger partial charge in [0.1, 0.15) is 12.2 Å². The number of methoxy groups -OCH3 is 2. The molecule has 5 rings (SSSR count). The van der Waals surface area contributed by atoms with E-state index in [1.165, 1.54) is 7.11 Å². The summed E-state index contributed by atoms with van der Waals surface area (Å²) in [5.41, 5.74) is 2.80. The van der Waals surface area contributed by atoms with Crippen LogP contribution < -0.4 is 0 Å². The van der Waals surface area contributed by atoms with Crippen LogP contribution in [0, 0.1) is 28.4 Å². The number of aromatic nitrogens is 2. The first kappa shape index (κ1) is 29.6. The average Bonchev–Trinajstić information content (AvgIpc) is 3.62. The number of hydrogen-bond donors (Lipinski definition) is 3. The van der Waals surface area contributed by atoms with Gasteiger partial charge in [0.25, 0.3) is 0 Å². The number of nitrogens with one attached hydrogen (secondary N) is 2. The normalized spacial score (nSPS) is 35.8. The minimum Gasteiger partial charge on any atom is -0.462 e. The van der Waals surface area contributed by atoms with Gasteiger partial charge in [0.2, 0.25) is 0 Å². The number of aromatic amines is 2. The second-order valence-electron chi connectivity index (χ2n) is 12.1. The molecule has 0 amide bonds. The standard InChI is InChI=1S/C30H44N2O7S/c1-5-16-9-7-6-8-15(2)28(34)22-12-19-18-10-17(39-29(35)23(37-4)14-36-3)11-21(18)26-27(32-30(40)31-26)25(19)20(22)13-24(33)38-16/h12,15-21,23,25,29,35H,5-11,13-14H2,1-4H3,(H2,31,32,40)/t15-,16+,17+,18+,19?,20-,21?,23+,25-,29?/m1/s1. The predicted octanol–water partition coefficient (Wildman–Crippen LogP) is 4.69. The minimum absolute atomic E-state index is 0.0536. The highest BCUT2D eigenvalue weighted by Crippen LogP contribution is 2.60. The second-order valence-corrected chi connectivity index (χ2v) is 12.5. The van der Waals surface area contributed by atoms with Gasteiger partial charge in [-0.2, -0.15) is 0 Å². The van der Waals surface area contributed by atoms with Crippen molar-refractivity contribution in [1.82, 2.24) is 9.97 Å². The van der Waals surface area contributed by atoms with Crippen LogP contribution in [0.3, 0.4) is 0 Å². The number of esters is 1. The van der Waals surface area contributed by atoms with Crippen molar-refractivity contribution < 1.29 is 33.6 Å². The largest absolute Gasteiger partial charge is 0.462 e. The summed E-state index contributed by atoms with van der Waals surface area (Å²) in [6.45, 7) is 4.30. The summed E-state index contributed by atoms with van der Waals surface area (Å²) in [5, 5.41) is 10.7. The van der Waals surface area contributed by atoms with Crippen LogP contribution >= 0.6 is 12.2 Å². The Hall–Kier alpha value is -1.85. The van der Waals surface area contributed by atoms with E-state index in [1.54, 1.807) is 7.11 Å². The van der Waals surface area contributed by atoms with Crippen molar-refractivity contribution in [3.05, 3.63) is 27.8 Å². The SMILES string of the molecule is CC[C@H]1CCCC[C@@H](C)C(=O)C2=CC3[C@@H]4C[C@H](OC(O)[C@H](COC)OC)CC4c4[nH]c(=S)[nH]c4[C@H]3[C@@H]2CC(=O)O1. The van der Waals surface area contributed by atoms with Gasteiger partial charge < -0.3 is 34.0 Å². The molecule has 2 heterocycles. The lowest BCUT2D eigenvalue weighted by atomic mass is 9.67. The van der Waals surface area contributed by atoms with E-state index in [0.717, 1.165) is 55.5 Å². The van der Waals surface area contributed by atoms with Crippen molar-refractivity contribution >= 4 is 24.0 Å². The molecule has 2 fully saturated rings. The van der Waals surface area contributed by atoms with Gasteiger partial charge in [0, 0.05) is 49.3 Å². The molecule has 0 aromatic carbocycles. The van der Waals surface area contributed by atoms with Crippen LogP contribution in [0.15, 0.2) is 11.6 Å². The number of imidazole rings is 1. The fourth-order valence-electron chi connectivity index (χ4n) is 7.75. The summed E-state index contributed by atoms with van der Waals surface area (Å²) in [5.74, 6) is -0.156. The van der Waals surface area contributed by atoms with Gasteiger partial charge in [0.15, 0.2) is 16.8 Å². The molecule has 4 aliphatic rings. The van der Waals surface area contributed by atoms with Crippen molar-refractivity contribution in [2.24, 2.45) is 23.7 Å². The summed E-state index contributed by atoms with van der Waals surface area (Å²) in [6.07, 6.45) is 6.15. The zero-order chi connectivity index (χ0) is 28.6. The molecule has 40 heavy (non-hydrogen) atoms. The van der Waals surface area contributed by atoms with E-state index in [-0.39, 0.29) is 72.5 Å². The Morgan fingerprint density at radius 1 is 1.12 bits per heavy atom. The number of carbonyl (C=O) groups excluding carboxylic acids is 2. The zero-order valence-corrected chi connectivity index (χ0v) is 24.8. The Bertz CT molecular complexity index is 1160. The molecule has 1 saturated carbocycles. The van der Waals surface area contributed by atoms with E-state index in [1.807, 2.05) is 6.92 Å². The van der Waals surface area contributed by atoms with E-state index < -0.39 is 12.4 Å². The fraction of sp³-hybridized carbons (Fsp3) is 0.767. The Morgan fingerprint density at radius 2 is 1.88 bits per heavy atom. The molecule has 222 valence electrons. The van der Waals surface area contributed by atoms with Gasteiger partial charge in [-0.05, 0) is 68.2 Å². The highest BCUT2D eigenvalue weighted by molar-refractivity contribution is 7.71. The predicted molar refractivity (Wildman–Crippen MR) is 150 cm³/mol. The summed E-state index contributed by atoms with van der Waals surface area (Å²) in [7, 11) is 3.09. The number of ether oxygens (including phenoxy) is 4. The van der Waals surface area contributed by atoms with Crippen molar-refractivity contribution in [3.63, 3.8) is 0 Å². The maximum absolute atomic E-state index is 13.9. The third kappa shape index (κ3) is 5.75. The Morgan fingerprint density at radius 3 is 2.60 bits per heavy atom. The van der Waals surface area contributed by atoms with Crippen LogP contribution in [0.25, 0.3) is 0 Å². The summed E-state index contributed by atoms with van der Waals surface area (Å²) in [4.78, 5) is 33.9. The zero-order valence-electron chi connectivity index (χ0n) is 24.0.